The standard InChI is InChI=1S/C20H16O/c1-3-8-15(9-4-1)17-12-7-13-19-20(17)18(14-21-19)16-10-5-2-6-11-16/h1-13,18H,14H2. The smallest absolute Gasteiger partial charge is 0.123 e. The Labute approximate surface area is 124 Å². The Balaban J connectivity index is 1.88. The van der Waals surface area contributed by atoms with Crippen LogP contribution in [0.2, 0.25) is 0 Å². The van der Waals surface area contributed by atoms with Gasteiger partial charge in [0.05, 0.1) is 6.61 Å². The second-order valence-corrected chi connectivity index (χ2v) is 5.36. The summed E-state index contributed by atoms with van der Waals surface area (Å²) < 4.78 is 5.93. The molecular formula is C20H16O. The molecule has 0 spiro atoms. The van der Waals surface area contributed by atoms with Crippen molar-refractivity contribution in [1.82, 2.24) is 0 Å². The van der Waals surface area contributed by atoms with Gasteiger partial charge in [0.1, 0.15) is 5.75 Å². The first-order valence-electron chi connectivity index (χ1n) is 7.29. The highest BCUT2D eigenvalue weighted by molar-refractivity contribution is 5.72. The van der Waals surface area contributed by atoms with Crippen molar-refractivity contribution in [2.75, 3.05) is 6.61 Å². The van der Waals surface area contributed by atoms with Crippen molar-refractivity contribution in [2.45, 2.75) is 5.92 Å². The molecular weight excluding hydrogens is 256 g/mol. The fourth-order valence-electron chi connectivity index (χ4n) is 3.10. The molecule has 1 aliphatic rings. The number of benzene rings is 3. The molecule has 1 atom stereocenters. The van der Waals surface area contributed by atoms with Gasteiger partial charge < -0.3 is 4.74 Å². The second kappa shape index (κ2) is 5.10. The minimum atomic E-state index is 0.317. The van der Waals surface area contributed by atoms with E-state index >= 15 is 0 Å². The molecule has 3 aromatic rings. The molecule has 1 heterocycles. The van der Waals surface area contributed by atoms with Crippen molar-refractivity contribution >= 4 is 0 Å². The first-order chi connectivity index (χ1) is 10.4. The predicted octanol–water partition coefficient (Wildman–Crippen LogP) is 4.88. The summed E-state index contributed by atoms with van der Waals surface area (Å²) in [5.74, 6) is 1.34. The van der Waals surface area contributed by atoms with Crippen LogP contribution in [0.1, 0.15) is 17.0 Å². The van der Waals surface area contributed by atoms with Gasteiger partial charge >= 0.3 is 0 Å². The summed E-state index contributed by atoms with van der Waals surface area (Å²) in [4.78, 5) is 0. The van der Waals surface area contributed by atoms with Crippen LogP contribution >= 0.6 is 0 Å². The lowest BCUT2D eigenvalue weighted by atomic mass is 9.87. The highest BCUT2D eigenvalue weighted by Crippen LogP contribution is 2.43. The molecule has 0 saturated heterocycles. The quantitative estimate of drug-likeness (QED) is 0.646. The Morgan fingerprint density at radius 1 is 0.714 bits per heavy atom. The lowest BCUT2D eigenvalue weighted by Crippen LogP contribution is -2.03. The fourth-order valence-corrected chi connectivity index (χ4v) is 3.10. The fraction of sp³-hybridized carbons (Fsp3) is 0.100. The van der Waals surface area contributed by atoms with Crippen LogP contribution in [-0.2, 0) is 0 Å². The van der Waals surface area contributed by atoms with Gasteiger partial charge in [-0.3, -0.25) is 0 Å². The average molecular weight is 272 g/mol. The van der Waals surface area contributed by atoms with Crippen LogP contribution < -0.4 is 4.74 Å². The van der Waals surface area contributed by atoms with Crippen molar-refractivity contribution in [3.63, 3.8) is 0 Å². The SMILES string of the molecule is c1ccc(-c2cccc3c2C(c2ccccc2)CO3)cc1. The Hall–Kier alpha value is -2.54. The molecule has 0 amide bonds. The molecule has 0 radical (unpaired) electrons. The van der Waals surface area contributed by atoms with Crippen molar-refractivity contribution in [3.05, 3.63) is 90.0 Å². The van der Waals surface area contributed by atoms with Gasteiger partial charge in [0.15, 0.2) is 0 Å². The molecule has 102 valence electrons. The van der Waals surface area contributed by atoms with Crippen LogP contribution in [0.25, 0.3) is 11.1 Å². The van der Waals surface area contributed by atoms with Gasteiger partial charge in [-0.25, -0.2) is 0 Å². The molecule has 1 unspecified atom stereocenters. The lowest BCUT2D eigenvalue weighted by molar-refractivity contribution is 0.343. The maximum atomic E-state index is 5.93. The highest BCUT2D eigenvalue weighted by atomic mass is 16.5. The number of rotatable bonds is 2. The molecule has 0 aliphatic carbocycles. The molecule has 0 N–H and O–H groups in total. The van der Waals surface area contributed by atoms with Crippen LogP contribution in [0.15, 0.2) is 78.9 Å². The third-order valence-electron chi connectivity index (χ3n) is 4.11. The van der Waals surface area contributed by atoms with E-state index < -0.39 is 0 Å². The molecule has 1 aliphatic heterocycles. The third-order valence-corrected chi connectivity index (χ3v) is 4.11. The normalized spacial score (nSPS) is 16.3. The lowest BCUT2D eigenvalue weighted by Gasteiger charge is -2.14. The molecule has 0 bridgehead atoms. The third kappa shape index (κ3) is 2.11. The van der Waals surface area contributed by atoms with E-state index in [4.69, 9.17) is 4.74 Å². The zero-order valence-electron chi connectivity index (χ0n) is 11.7. The van der Waals surface area contributed by atoms with E-state index in [9.17, 15) is 0 Å². The molecule has 21 heavy (non-hydrogen) atoms. The van der Waals surface area contributed by atoms with E-state index in [0.717, 1.165) is 12.4 Å². The summed E-state index contributed by atoms with van der Waals surface area (Å²) in [5, 5.41) is 0. The summed E-state index contributed by atoms with van der Waals surface area (Å²) in [7, 11) is 0. The van der Waals surface area contributed by atoms with Crippen LogP contribution in [0.5, 0.6) is 5.75 Å². The summed E-state index contributed by atoms with van der Waals surface area (Å²) in [5.41, 5.74) is 5.16. The average Bonchev–Trinajstić information content (AvgIpc) is 3.00. The maximum absolute atomic E-state index is 5.93. The summed E-state index contributed by atoms with van der Waals surface area (Å²) in [6.07, 6.45) is 0. The second-order valence-electron chi connectivity index (χ2n) is 5.36. The topological polar surface area (TPSA) is 9.23 Å². The van der Waals surface area contributed by atoms with Crippen LogP contribution in [0.4, 0.5) is 0 Å². The van der Waals surface area contributed by atoms with Gasteiger partial charge in [0, 0.05) is 11.5 Å². The van der Waals surface area contributed by atoms with Crippen LogP contribution in [-0.4, -0.2) is 6.61 Å². The number of hydrogen-bond acceptors (Lipinski definition) is 1. The molecule has 3 aromatic carbocycles. The largest absolute Gasteiger partial charge is 0.492 e. The summed E-state index contributed by atoms with van der Waals surface area (Å²) in [6.45, 7) is 0.725. The Morgan fingerprint density at radius 2 is 1.43 bits per heavy atom. The first kappa shape index (κ1) is 12.2. The van der Waals surface area contributed by atoms with E-state index in [0.29, 0.717) is 5.92 Å². The van der Waals surface area contributed by atoms with Gasteiger partial charge in [-0.15, -0.1) is 0 Å². The minimum Gasteiger partial charge on any atom is -0.492 e. The number of fused-ring (bicyclic) bond motifs is 1. The summed E-state index contributed by atoms with van der Waals surface area (Å²) >= 11 is 0. The van der Waals surface area contributed by atoms with Gasteiger partial charge in [-0.05, 0) is 22.8 Å². The van der Waals surface area contributed by atoms with Gasteiger partial charge in [0.2, 0.25) is 0 Å². The van der Waals surface area contributed by atoms with E-state index in [1.165, 1.54) is 22.3 Å². The van der Waals surface area contributed by atoms with Crippen molar-refractivity contribution in [2.24, 2.45) is 0 Å². The van der Waals surface area contributed by atoms with E-state index in [1.54, 1.807) is 0 Å². The maximum Gasteiger partial charge on any atom is 0.123 e. The molecule has 4 rings (SSSR count). The van der Waals surface area contributed by atoms with Crippen LogP contribution in [0.3, 0.4) is 0 Å². The monoisotopic (exact) mass is 272 g/mol. The molecule has 0 fully saturated rings. The first-order valence-corrected chi connectivity index (χ1v) is 7.29. The van der Waals surface area contributed by atoms with E-state index in [1.807, 2.05) is 0 Å². The molecule has 1 nitrogen and oxygen atoms in total. The number of ether oxygens (including phenoxy) is 1. The Bertz CT molecular complexity index is 747. The van der Waals surface area contributed by atoms with Gasteiger partial charge in [-0.2, -0.15) is 0 Å². The van der Waals surface area contributed by atoms with Gasteiger partial charge in [0.25, 0.3) is 0 Å². The Kier molecular flexibility index (Phi) is 2.97. The Morgan fingerprint density at radius 3 is 2.19 bits per heavy atom. The highest BCUT2D eigenvalue weighted by Gasteiger charge is 2.28. The zero-order valence-corrected chi connectivity index (χ0v) is 11.7. The van der Waals surface area contributed by atoms with E-state index in [-0.39, 0.29) is 0 Å². The molecule has 1 heteroatoms. The van der Waals surface area contributed by atoms with Crippen molar-refractivity contribution < 1.29 is 4.74 Å². The molecule has 0 saturated carbocycles. The van der Waals surface area contributed by atoms with Crippen LogP contribution in [0, 0.1) is 0 Å². The minimum absolute atomic E-state index is 0.317. The predicted molar refractivity (Wildman–Crippen MR) is 85.7 cm³/mol. The van der Waals surface area contributed by atoms with Gasteiger partial charge in [-0.1, -0.05) is 72.8 Å². The zero-order chi connectivity index (χ0) is 14.1. The van der Waals surface area contributed by atoms with Crippen molar-refractivity contribution in [3.8, 4) is 16.9 Å². The van der Waals surface area contributed by atoms with E-state index in [2.05, 4.69) is 78.9 Å². The summed E-state index contributed by atoms with van der Waals surface area (Å²) in [6, 6.07) is 27.5. The number of hydrogen-bond donors (Lipinski definition) is 0. The van der Waals surface area contributed by atoms with Crippen molar-refractivity contribution in [1.29, 1.82) is 0 Å². The molecule has 0 aromatic heterocycles.